The SMILES string of the molecule is CCCOc1ccc(C2=C(N(CCOC)CCOC)C(=O)N(Cc3ccccc3)C2=O)cc1. The Morgan fingerprint density at radius 2 is 1.45 bits per heavy atom. The number of amides is 2. The first kappa shape index (κ1) is 24.5. The summed E-state index contributed by atoms with van der Waals surface area (Å²) in [6.45, 7) is 4.66. The standard InChI is InChI=1S/C26H32N2O5/c1-4-16-33-22-12-10-21(11-13-22)23-24(27(14-17-31-2)15-18-32-3)26(30)28(25(23)29)19-20-8-6-5-7-9-20/h5-13H,4,14-19H2,1-3H3. The molecule has 0 radical (unpaired) electrons. The van der Waals surface area contributed by atoms with E-state index in [1.54, 1.807) is 14.2 Å². The highest BCUT2D eigenvalue weighted by molar-refractivity contribution is 6.35. The Kier molecular flexibility index (Phi) is 9.04. The number of hydrogen-bond acceptors (Lipinski definition) is 6. The van der Waals surface area contributed by atoms with Crippen LogP contribution in [0.2, 0.25) is 0 Å². The summed E-state index contributed by atoms with van der Waals surface area (Å²) >= 11 is 0. The number of ether oxygens (including phenoxy) is 3. The molecule has 0 aliphatic carbocycles. The smallest absolute Gasteiger partial charge is 0.278 e. The van der Waals surface area contributed by atoms with E-state index in [0.717, 1.165) is 17.7 Å². The Morgan fingerprint density at radius 1 is 0.818 bits per heavy atom. The predicted molar refractivity (Wildman–Crippen MR) is 126 cm³/mol. The van der Waals surface area contributed by atoms with Gasteiger partial charge in [0, 0.05) is 27.3 Å². The van der Waals surface area contributed by atoms with E-state index in [2.05, 4.69) is 0 Å². The molecule has 0 aromatic heterocycles. The van der Waals surface area contributed by atoms with Gasteiger partial charge in [-0.1, -0.05) is 49.4 Å². The van der Waals surface area contributed by atoms with Gasteiger partial charge in [-0.05, 0) is 29.7 Å². The molecule has 0 saturated carbocycles. The van der Waals surface area contributed by atoms with Crippen LogP contribution in [0.5, 0.6) is 5.75 Å². The van der Waals surface area contributed by atoms with Crippen molar-refractivity contribution in [1.29, 1.82) is 0 Å². The van der Waals surface area contributed by atoms with Crippen LogP contribution >= 0.6 is 0 Å². The van der Waals surface area contributed by atoms with Crippen molar-refractivity contribution < 1.29 is 23.8 Å². The van der Waals surface area contributed by atoms with Crippen LogP contribution in [0.3, 0.4) is 0 Å². The third-order valence-corrected chi connectivity index (χ3v) is 5.39. The first-order valence-corrected chi connectivity index (χ1v) is 11.2. The van der Waals surface area contributed by atoms with Crippen molar-refractivity contribution in [1.82, 2.24) is 9.80 Å². The summed E-state index contributed by atoms with van der Waals surface area (Å²) in [5.41, 5.74) is 2.35. The Hall–Kier alpha value is -3.16. The zero-order valence-electron chi connectivity index (χ0n) is 19.6. The second kappa shape index (κ2) is 12.2. The van der Waals surface area contributed by atoms with Crippen molar-refractivity contribution in [2.75, 3.05) is 47.1 Å². The topological polar surface area (TPSA) is 68.3 Å². The molecule has 1 heterocycles. The molecule has 0 spiro atoms. The molecule has 3 rings (SSSR count). The van der Waals surface area contributed by atoms with Gasteiger partial charge in [0.2, 0.25) is 0 Å². The molecule has 0 atom stereocenters. The summed E-state index contributed by atoms with van der Waals surface area (Å²) in [6, 6.07) is 16.9. The second-order valence-corrected chi connectivity index (χ2v) is 7.75. The van der Waals surface area contributed by atoms with Crippen LogP contribution in [-0.4, -0.2) is 68.7 Å². The lowest BCUT2D eigenvalue weighted by atomic mass is 10.0. The number of hydrogen-bond donors (Lipinski definition) is 0. The minimum Gasteiger partial charge on any atom is -0.494 e. The number of benzene rings is 2. The highest BCUT2D eigenvalue weighted by Gasteiger charge is 2.41. The van der Waals surface area contributed by atoms with Gasteiger partial charge in [-0.3, -0.25) is 14.5 Å². The number of carbonyl (C=O) groups excluding carboxylic acids is 2. The van der Waals surface area contributed by atoms with Crippen LogP contribution in [0.15, 0.2) is 60.3 Å². The number of carbonyl (C=O) groups is 2. The van der Waals surface area contributed by atoms with E-state index >= 15 is 0 Å². The van der Waals surface area contributed by atoms with Crippen molar-refractivity contribution in [2.24, 2.45) is 0 Å². The van der Waals surface area contributed by atoms with Gasteiger partial charge < -0.3 is 19.1 Å². The van der Waals surface area contributed by atoms with Gasteiger partial charge in [0.15, 0.2) is 0 Å². The Morgan fingerprint density at radius 3 is 2.03 bits per heavy atom. The average Bonchev–Trinajstić information content (AvgIpc) is 3.08. The quantitative estimate of drug-likeness (QED) is 0.434. The Labute approximate surface area is 195 Å². The molecule has 0 N–H and O–H groups in total. The molecule has 176 valence electrons. The highest BCUT2D eigenvalue weighted by Crippen LogP contribution is 2.33. The highest BCUT2D eigenvalue weighted by atomic mass is 16.5. The maximum Gasteiger partial charge on any atom is 0.278 e. The molecule has 0 saturated heterocycles. The van der Waals surface area contributed by atoms with Crippen molar-refractivity contribution in [2.45, 2.75) is 19.9 Å². The van der Waals surface area contributed by atoms with Gasteiger partial charge in [0.05, 0.1) is 31.9 Å². The maximum absolute atomic E-state index is 13.6. The Balaban J connectivity index is 2.00. The number of methoxy groups -OCH3 is 2. The largest absolute Gasteiger partial charge is 0.494 e. The average molecular weight is 453 g/mol. The lowest BCUT2D eigenvalue weighted by Gasteiger charge is -2.25. The van der Waals surface area contributed by atoms with E-state index < -0.39 is 0 Å². The molecule has 1 aliphatic heterocycles. The van der Waals surface area contributed by atoms with Crippen molar-refractivity contribution >= 4 is 17.4 Å². The van der Waals surface area contributed by atoms with Gasteiger partial charge in [-0.25, -0.2) is 0 Å². The van der Waals surface area contributed by atoms with E-state index in [9.17, 15) is 9.59 Å². The molecule has 0 bridgehead atoms. The number of nitrogens with zero attached hydrogens (tertiary/aromatic N) is 2. The number of imide groups is 1. The molecule has 33 heavy (non-hydrogen) atoms. The molecule has 2 aromatic carbocycles. The minimum absolute atomic E-state index is 0.214. The van der Waals surface area contributed by atoms with Gasteiger partial charge in [0.25, 0.3) is 11.8 Å². The molecule has 7 nitrogen and oxygen atoms in total. The summed E-state index contributed by atoms with van der Waals surface area (Å²) in [7, 11) is 3.23. The van der Waals surface area contributed by atoms with Crippen molar-refractivity contribution in [3.63, 3.8) is 0 Å². The van der Waals surface area contributed by atoms with Crippen molar-refractivity contribution in [3.8, 4) is 5.75 Å². The van der Waals surface area contributed by atoms with Gasteiger partial charge in [-0.2, -0.15) is 0 Å². The van der Waals surface area contributed by atoms with Crippen molar-refractivity contribution in [3.05, 3.63) is 71.4 Å². The predicted octanol–water partition coefficient (Wildman–Crippen LogP) is 3.35. The van der Waals surface area contributed by atoms with E-state index in [1.165, 1.54) is 4.90 Å². The normalized spacial score (nSPS) is 13.7. The summed E-state index contributed by atoms with van der Waals surface area (Å²) in [5.74, 6) is 0.120. The molecule has 7 heteroatoms. The van der Waals surface area contributed by atoms with Gasteiger partial charge in [-0.15, -0.1) is 0 Å². The summed E-state index contributed by atoms with van der Waals surface area (Å²) in [6.07, 6.45) is 0.909. The van der Waals surface area contributed by atoms with E-state index in [0.29, 0.717) is 49.7 Å². The van der Waals surface area contributed by atoms with Crippen LogP contribution in [0.4, 0.5) is 0 Å². The van der Waals surface area contributed by atoms with Crippen LogP contribution in [0, 0.1) is 0 Å². The minimum atomic E-state index is -0.308. The summed E-state index contributed by atoms with van der Waals surface area (Å²) in [5, 5.41) is 0. The maximum atomic E-state index is 13.6. The van der Waals surface area contributed by atoms with Gasteiger partial charge >= 0.3 is 0 Å². The zero-order chi connectivity index (χ0) is 23.6. The first-order valence-electron chi connectivity index (χ1n) is 11.2. The Bertz CT molecular complexity index is 948. The summed E-state index contributed by atoms with van der Waals surface area (Å²) < 4.78 is 16.2. The monoisotopic (exact) mass is 452 g/mol. The lowest BCUT2D eigenvalue weighted by molar-refractivity contribution is -0.138. The van der Waals surface area contributed by atoms with Crippen LogP contribution < -0.4 is 4.74 Å². The fourth-order valence-corrected chi connectivity index (χ4v) is 3.70. The molecule has 1 aliphatic rings. The van der Waals surface area contributed by atoms with Crippen LogP contribution in [-0.2, 0) is 25.6 Å². The molecular weight excluding hydrogens is 420 g/mol. The second-order valence-electron chi connectivity index (χ2n) is 7.75. The van der Waals surface area contributed by atoms with Crippen LogP contribution in [0.1, 0.15) is 24.5 Å². The fraction of sp³-hybridized carbons (Fsp3) is 0.385. The van der Waals surface area contributed by atoms with E-state index in [1.807, 2.05) is 66.4 Å². The summed E-state index contributed by atoms with van der Waals surface area (Å²) in [4.78, 5) is 30.3. The first-order chi connectivity index (χ1) is 16.1. The van der Waals surface area contributed by atoms with Gasteiger partial charge in [0.1, 0.15) is 11.4 Å². The molecular formula is C26H32N2O5. The third kappa shape index (κ3) is 6.00. The third-order valence-electron chi connectivity index (χ3n) is 5.39. The molecule has 0 unspecified atom stereocenters. The lowest BCUT2D eigenvalue weighted by Crippen LogP contribution is -2.37. The molecule has 0 fully saturated rings. The number of rotatable bonds is 13. The fourth-order valence-electron chi connectivity index (χ4n) is 3.70. The zero-order valence-corrected chi connectivity index (χ0v) is 19.6. The van der Waals surface area contributed by atoms with E-state index in [-0.39, 0.29) is 18.4 Å². The van der Waals surface area contributed by atoms with Crippen LogP contribution in [0.25, 0.3) is 5.57 Å². The molecule has 2 amide bonds. The molecule has 2 aromatic rings. The van der Waals surface area contributed by atoms with E-state index in [4.69, 9.17) is 14.2 Å².